The minimum absolute atomic E-state index is 0.0687. The molecule has 0 aromatic heterocycles. The van der Waals surface area contributed by atoms with Crippen LogP contribution in [0.4, 0.5) is 8.78 Å². The van der Waals surface area contributed by atoms with Crippen LogP contribution < -0.4 is 10.5 Å². The molecular weight excluding hydrogens is 578 g/mol. The number of carbonyl (C=O) groups is 1. The third-order valence-corrected chi connectivity index (χ3v) is 10.7. The number of benzene rings is 2. The number of hydrogen-bond donors (Lipinski definition) is 1. The van der Waals surface area contributed by atoms with Crippen molar-refractivity contribution in [2.24, 2.45) is 5.73 Å². The Morgan fingerprint density at radius 1 is 0.974 bits per heavy atom. The van der Waals surface area contributed by atoms with Gasteiger partial charge in [0, 0.05) is 31.2 Å². The number of amides is 1. The second-order valence-electron chi connectivity index (χ2n) is 9.38. The zero-order valence-corrected chi connectivity index (χ0v) is 23.3. The maximum absolute atomic E-state index is 14.8. The minimum atomic E-state index is -4.65. The number of primary amides is 1. The monoisotopic (exact) mass is 606 g/mol. The Morgan fingerprint density at radius 3 is 2.18 bits per heavy atom. The summed E-state index contributed by atoms with van der Waals surface area (Å²) in [6.07, 6.45) is 3.09. The predicted octanol–water partition coefficient (Wildman–Crippen LogP) is 2.39. The smallest absolute Gasteiger partial charge is 0.244 e. The molecule has 2 aliphatic rings. The van der Waals surface area contributed by atoms with Gasteiger partial charge in [0.05, 0.1) is 10.6 Å². The molecule has 39 heavy (non-hydrogen) atoms. The Kier molecular flexibility index (Phi) is 9.13. The van der Waals surface area contributed by atoms with Crippen molar-refractivity contribution >= 4 is 37.6 Å². The highest BCUT2D eigenvalue weighted by Crippen LogP contribution is 2.32. The molecule has 2 aliphatic heterocycles. The fraction of sp³-hybridized carbons (Fsp3) is 0.458. The van der Waals surface area contributed by atoms with E-state index in [0.29, 0.717) is 28.0 Å². The molecule has 0 bridgehead atoms. The van der Waals surface area contributed by atoms with Crippen molar-refractivity contribution in [3.8, 4) is 11.5 Å². The Bertz CT molecular complexity index is 1400. The lowest BCUT2D eigenvalue weighted by molar-refractivity contribution is -0.122. The van der Waals surface area contributed by atoms with E-state index in [0.717, 1.165) is 36.7 Å². The van der Waals surface area contributed by atoms with Crippen molar-refractivity contribution in [2.45, 2.75) is 30.2 Å². The van der Waals surface area contributed by atoms with Crippen LogP contribution in [0.5, 0.6) is 11.5 Å². The van der Waals surface area contributed by atoms with Gasteiger partial charge in [-0.3, -0.25) is 4.79 Å². The van der Waals surface area contributed by atoms with Crippen molar-refractivity contribution in [1.29, 1.82) is 0 Å². The number of ether oxygens (including phenoxy) is 1. The second kappa shape index (κ2) is 12.0. The van der Waals surface area contributed by atoms with Crippen molar-refractivity contribution in [3.05, 3.63) is 53.1 Å². The van der Waals surface area contributed by atoms with Gasteiger partial charge < -0.3 is 15.4 Å². The van der Waals surface area contributed by atoms with Gasteiger partial charge in [0.1, 0.15) is 11.8 Å². The van der Waals surface area contributed by atoms with E-state index in [1.165, 1.54) is 24.3 Å². The molecule has 4 rings (SSSR count). The molecule has 2 fully saturated rings. The number of halogens is 3. The molecule has 1 amide bonds. The first-order valence-electron chi connectivity index (χ1n) is 12.3. The molecule has 2 saturated heterocycles. The quantitative estimate of drug-likeness (QED) is 0.464. The molecule has 15 heteroatoms. The van der Waals surface area contributed by atoms with Crippen LogP contribution in [0.3, 0.4) is 0 Å². The number of likely N-dealkylation sites (tertiary alicyclic amines) is 1. The fourth-order valence-corrected chi connectivity index (χ4v) is 7.81. The second-order valence-corrected chi connectivity index (χ2v) is 13.8. The van der Waals surface area contributed by atoms with E-state index >= 15 is 0 Å². The Labute approximate surface area is 231 Å². The largest absolute Gasteiger partial charge is 0.451 e. The van der Waals surface area contributed by atoms with Crippen LogP contribution >= 0.6 is 11.6 Å². The number of nitrogens with two attached hydrogens (primary N) is 1. The molecule has 2 N–H and O–H groups in total. The molecule has 0 radical (unpaired) electrons. The summed E-state index contributed by atoms with van der Waals surface area (Å²) in [5.74, 6) is -4.61. The number of piperidine rings is 1. The van der Waals surface area contributed by atoms with Gasteiger partial charge in [-0.05, 0) is 62.3 Å². The standard InChI is InChI=1S/C24H29ClF2N4O6S2/c25-17-4-6-18(7-5-17)37-23-20(26)14-19(15-21(23)27)39(35,36)31-11-10-30(16-22(31)24(28)32)38(33,34)13-12-29-8-2-1-3-9-29/h4-7,14-15,22H,1-3,8-13,16H2,(H2,28,32)/t22-/m1/s1. The van der Waals surface area contributed by atoms with Gasteiger partial charge in [0.25, 0.3) is 0 Å². The maximum Gasteiger partial charge on any atom is 0.244 e. The number of hydrogen-bond acceptors (Lipinski definition) is 7. The summed E-state index contributed by atoms with van der Waals surface area (Å²) < 4.78 is 89.3. The normalized spacial score (nSPS) is 20.1. The van der Waals surface area contributed by atoms with Crippen LogP contribution in [0.1, 0.15) is 19.3 Å². The third-order valence-electron chi connectivity index (χ3n) is 6.74. The Balaban J connectivity index is 1.51. The van der Waals surface area contributed by atoms with Crippen molar-refractivity contribution in [1.82, 2.24) is 13.5 Å². The lowest BCUT2D eigenvalue weighted by atomic mass is 10.1. The highest BCUT2D eigenvalue weighted by molar-refractivity contribution is 7.89. The van der Waals surface area contributed by atoms with E-state index in [9.17, 15) is 30.4 Å². The highest BCUT2D eigenvalue weighted by atomic mass is 35.5. The summed E-state index contributed by atoms with van der Waals surface area (Å²) in [5, 5.41) is 0.378. The van der Waals surface area contributed by atoms with Crippen LogP contribution in [0.15, 0.2) is 41.3 Å². The molecule has 10 nitrogen and oxygen atoms in total. The first-order chi connectivity index (χ1) is 18.4. The van der Waals surface area contributed by atoms with Gasteiger partial charge in [-0.2, -0.15) is 8.61 Å². The molecule has 2 heterocycles. The van der Waals surface area contributed by atoms with E-state index in [1.807, 2.05) is 0 Å². The summed E-state index contributed by atoms with van der Waals surface area (Å²) in [4.78, 5) is 13.5. The zero-order chi connectivity index (χ0) is 28.4. The predicted molar refractivity (Wildman–Crippen MR) is 140 cm³/mol. The lowest BCUT2D eigenvalue weighted by Gasteiger charge is -2.38. The zero-order valence-electron chi connectivity index (χ0n) is 20.9. The van der Waals surface area contributed by atoms with E-state index in [-0.39, 0.29) is 18.0 Å². The fourth-order valence-electron chi connectivity index (χ4n) is 4.61. The minimum Gasteiger partial charge on any atom is -0.451 e. The van der Waals surface area contributed by atoms with Gasteiger partial charge in [0.15, 0.2) is 17.4 Å². The van der Waals surface area contributed by atoms with Crippen LogP contribution in [0.2, 0.25) is 5.02 Å². The molecule has 0 saturated carbocycles. The van der Waals surface area contributed by atoms with Gasteiger partial charge in [-0.1, -0.05) is 18.0 Å². The molecular formula is C24H29ClF2N4O6S2. The topological polar surface area (TPSA) is 130 Å². The molecule has 1 atom stereocenters. The van der Waals surface area contributed by atoms with Crippen LogP contribution in [0, 0.1) is 11.6 Å². The van der Waals surface area contributed by atoms with E-state index in [1.54, 1.807) is 0 Å². The Morgan fingerprint density at radius 2 is 1.59 bits per heavy atom. The van der Waals surface area contributed by atoms with E-state index in [4.69, 9.17) is 22.1 Å². The first-order valence-corrected chi connectivity index (χ1v) is 15.7. The number of piperazine rings is 1. The number of nitrogens with zero attached hydrogens (tertiary/aromatic N) is 3. The van der Waals surface area contributed by atoms with Gasteiger partial charge in [-0.15, -0.1) is 0 Å². The summed E-state index contributed by atoms with van der Waals surface area (Å²) in [5.41, 5.74) is 5.46. The lowest BCUT2D eigenvalue weighted by Crippen LogP contribution is -2.61. The Hall–Kier alpha value is -2.36. The van der Waals surface area contributed by atoms with Gasteiger partial charge in [-0.25, -0.2) is 25.6 Å². The van der Waals surface area contributed by atoms with Gasteiger partial charge >= 0.3 is 0 Å². The molecule has 2 aromatic rings. The summed E-state index contributed by atoms with van der Waals surface area (Å²) in [6.45, 7) is 0.772. The molecule has 0 unspecified atom stereocenters. The summed E-state index contributed by atoms with van der Waals surface area (Å²) >= 11 is 5.79. The number of carbonyl (C=O) groups excluding carboxylic acids is 1. The maximum atomic E-state index is 14.8. The average Bonchev–Trinajstić information content (AvgIpc) is 2.90. The van der Waals surface area contributed by atoms with Crippen LogP contribution in [0.25, 0.3) is 0 Å². The third kappa shape index (κ3) is 6.87. The van der Waals surface area contributed by atoms with E-state index < -0.39 is 67.4 Å². The van der Waals surface area contributed by atoms with Crippen LogP contribution in [-0.4, -0.2) is 87.3 Å². The summed E-state index contributed by atoms with van der Waals surface area (Å²) in [6, 6.07) is 5.23. The van der Waals surface area contributed by atoms with E-state index in [2.05, 4.69) is 4.90 Å². The first kappa shape index (κ1) is 29.6. The molecule has 214 valence electrons. The van der Waals surface area contributed by atoms with Crippen LogP contribution in [-0.2, 0) is 24.8 Å². The van der Waals surface area contributed by atoms with Crippen molar-refractivity contribution in [2.75, 3.05) is 45.0 Å². The average molecular weight is 607 g/mol. The van der Waals surface area contributed by atoms with Crippen molar-refractivity contribution in [3.63, 3.8) is 0 Å². The number of sulfonamides is 2. The molecule has 2 aromatic carbocycles. The molecule has 0 spiro atoms. The summed E-state index contributed by atoms with van der Waals surface area (Å²) in [7, 11) is -8.46. The highest BCUT2D eigenvalue weighted by Gasteiger charge is 2.42. The van der Waals surface area contributed by atoms with Crippen molar-refractivity contribution < 1.29 is 35.1 Å². The SMILES string of the molecule is NC(=O)[C@H]1CN(S(=O)(=O)CCN2CCCCC2)CCN1S(=O)(=O)c1cc(F)c(Oc2ccc(Cl)cc2)c(F)c1. The number of rotatable bonds is 9. The molecule has 0 aliphatic carbocycles. The van der Waals surface area contributed by atoms with Gasteiger partial charge in [0.2, 0.25) is 26.0 Å².